The molecule has 0 saturated heterocycles. The minimum atomic E-state index is 0.752. The van der Waals surface area contributed by atoms with Crippen LogP contribution in [0.4, 0.5) is 0 Å². The zero-order chi connectivity index (χ0) is 9.52. The van der Waals surface area contributed by atoms with Gasteiger partial charge in [0.05, 0.1) is 18.2 Å². The van der Waals surface area contributed by atoms with Crippen molar-refractivity contribution in [2.24, 2.45) is 0 Å². The Morgan fingerprint density at radius 2 is 2.38 bits per heavy atom. The molecule has 0 aliphatic heterocycles. The Kier molecular flexibility index (Phi) is 5.39. The van der Waals surface area contributed by atoms with Crippen molar-refractivity contribution in [2.45, 2.75) is 6.42 Å². The first-order valence-corrected chi connectivity index (χ1v) is 5.54. The average Bonchev–Trinajstić information content (AvgIpc) is 2.52. The van der Waals surface area contributed by atoms with Crippen LogP contribution in [0.1, 0.15) is 4.88 Å². The predicted molar refractivity (Wildman–Crippen MR) is 57.8 cm³/mol. The van der Waals surface area contributed by atoms with Gasteiger partial charge in [-0.2, -0.15) is 0 Å². The third kappa shape index (κ3) is 4.09. The monoisotopic (exact) mass is 219 g/mol. The third-order valence-electron chi connectivity index (χ3n) is 1.66. The van der Waals surface area contributed by atoms with Crippen molar-refractivity contribution in [1.82, 2.24) is 5.32 Å². The molecule has 1 N–H and O–H groups in total. The van der Waals surface area contributed by atoms with Crippen LogP contribution in [0.25, 0.3) is 0 Å². The van der Waals surface area contributed by atoms with E-state index in [4.69, 9.17) is 16.3 Å². The zero-order valence-corrected chi connectivity index (χ0v) is 9.25. The molecular formula is C9H14ClNOS. The number of rotatable bonds is 6. The molecule has 2 nitrogen and oxygen atoms in total. The fourth-order valence-electron chi connectivity index (χ4n) is 0.945. The number of likely N-dealkylation sites (N-methyl/N-ethyl adjacent to an activating group) is 1. The van der Waals surface area contributed by atoms with Gasteiger partial charge in [-0.1, -0.05) is 11.6 Å². The molecule has 4 heteroatoms. The average molecular weight is 220 g/mol. The summed E-state index contributed by atoms with van der Waals surface area (Å²) in [7, 11) is 1.92. The van der Waals surface area contributed by atoms with Gasteiger partial charge in [0.1, 0.15) is 0 Å². The number of halogens is 1. The molecule has 0 aliphatic carbocycles. The quantitative estimate of drug-likeness (QED) is 0.741. The first-order chi connectivity index (χ1) is 6.34. The first kappa shape index (κ1) is 11.0. The molecule has 0 atom stereocenters. The van der Waals surface area contributed by atoms with E-state index in [2.05, 4.69) is 5.32 Å². The van der Waals surface area contributed by atoms with Crippen LogP contribution in [0.15, 0.2) is 11.4 Å². The molecule has 0 fully saturated rings. The summed E-state index contributed by atoms with van der Waals surface area (Å²) in [6.07, 6.45) is 0.917. The van der Waals surface area contributed by atoms with E-state index in [-0.39, 0.29) is 0 Å². The lowest BCUT2D eigenvalue weighted by Crippen LogP contribution is -2.14. The summed E-state index contributed by atoms with van der Waals surface area (Å²) < 4.78 is 5.39. The van der Waals surface area contributed by atoms with Crippen molar-refractivity contribution in [3.05, 3.63) is 21.3 Å². The number of nitrogens with one attached hydrogen (secondary N) is 1. The molecule has 1 aromatic rings. The summed E-state index contributed by atoms with van der Waals surface area (Å²) in [5.41, 5.74) is 0. The lowest BCUT2D eigenvalue weighted by Gasteiger charge is -2.02. The normalized spacial score (nSPS) is 10.6. The Labute approximate surface area is 87.9 Å². The Bertz CT molecular complexity index is 239. The van der Waals surface area contributed by atoms with Gasteiger partial charge in [0.15, 0.2) is 0 Å². The van der Waals surface area contributed by atoms with Crippen molar-refractivity contribution >= 4 is 22.9 Å². The summed E-state index contributed by atoms with van der Waals surface area (Å²) in [5.74, 6) is 0. The molecule has 0 radical (unpaired) electrons. The molecule has 0 unspecified atom stereocenters. The van der Waals surface area contributed by atoms with Crippen LogP contribution in [-0.2, 0) is 11.2 Å². The molecule has 0 aromatic carbocycles. The highest BCUT2D eigenvalue weighted by Crippen LogP contribution is 2.22. The van der Waals surface area contributed by atoms with Crippen molar-refractivity contribution in [2.75, 3.05) is 26.8 Å². The summed E-state index contributed by atoms with van der Waals surface area (Å²) >= 11 is 7.61. The van der Waals surface area contributed by atoms with Gasteiger partial charge in [-0.3, -0.25) is 0 Å². The highest BCUT2D eigenvalue weighted by Gasteiger charge is 2.00. The summed E-state index contributed by atoms with van der Waals surface area (Å²) in [4.78, 5) is 1.21. The molecular weight excluding hydrogens is 206 g/mol. The van der Waals surface area contributed by atoms with Crippen LogP contribution in [0.3, 0.4) is 0 Å². The van der Waals surface area contributed by atoms with Crippen LogP contribution >= 0.6 is 22.9 Å². The maximum atomic E-state index is 5.92. The zero-order valence-electron chi connectivity index (χ0n) is 7.68. The number of thiophene rings is 1. The molecule has 0 bridgehead atoms. The van der Waals surface area contributed by atoms with Crippen LogP contribution in [0, 0.1) is 0 Å². The van der Waals surface area contributed by atoms with Crippen LogP contribution in [-0.4, -0.2) is 26.8 Å². The molecule has 1 heterocycles. The van der Waals surface area contributed by atoms with E-state index < -0.39 is 0 Å². The van der Waals surface area contributed by atoms with Gasteiger partial charge in [-0.05, 0) is 18.5 Å². The van der Waals surface area contributed by atoms with Crippen molar-refractivity contribution < 1.29 is 4.74 Å². The van der Waals surface area contributed by atoms with E-state index in [0.29, 0.717) is 0 Å². The lowest BCUT2D eigenvalue weighted by molar-refractivity contribution is 0.141. The number of ether oxygens (including phenoxy) is 1. The Balaban J connectivity index is 2.10. The standard InChI is InChI=1S/C9H14ClNOS/c1-11-4-6-12-5-2-9-8(10)3-7-13-9/h3,7,11H,2,4-6H2,1H3. The van der Waals surface area contributed by atoms with Gasteiger partial charge in [0.2, 0.25) is 0 Å². The molecule has 0 aliphatic rings. The maximum absolute atomic E-state index is 5.92. The molecule has 0 saturated carbocycles. The fraction of sp³-hybridized carbons (Fsp3) is 0.556. The summed E-state index contributed by atoms with van der Waals surface area (Å²) in [6.45, 7) is 2.42. The number of hydrogen-bond donors (Lipinski definition) is 1. The first-order valence-electron chi connectivity index (χ1n) is 4.29. The van der Waals surface area contributed by atoms with Gasteiger partial charge in [-0.25, -0.2) is 0 Å². The van der Waals surface area contributed by atoms with Gasteiger partial charge in [0, 0.05) is 17.8 Å². The van der Waals surface area contributed by atoms with Crippen LogP contribution in [0.5, 0.6) is 0 Å². The van der Waals surface area contributed by atoms with Gasteiger partial charge >= 0.3 is 0 Å². The highest BCUT2D eigenvalue weighted by molar-refractivity contribution is 7.10. The van der Waals surface area contributed by atoms with E-state index in [1.54, 1.807) is 11.3 Å². The molecule has 0 amide bonds. The van der Waals surface area contributed by atoms with E-state index in [1.165, 1.54) is 4.88 Å². The minimum Gasteiger partial charge on any atom is -0.380 e. The topological polar surface area (TPSA) is 21.3 Å². The second-order valence-electron chi connectivity index (χ2n) is 2.66. The Hall–Kier alpha value is -0.0900. The largest absolute Gasteiger partial charge is 0.380 e. The van der Waals surface area contributed by atoms with Crippen LogP contribution < -0.4 is 5.32 Å². The van der Waals surface area contributed by atoms with Crippen molar-refractivity contribution in [3.63, 3.8) is 0 Å². The van der Waals surface area contributed by atoms with E-state index in [9.17, 15) is 0 Å². The van der Waals surface area contributed by atoms with E-state index >= 15 is 0 Å². The molecule has 1 rings (SSSR count). The highest BCUT2D eigenvalue weighted by atomic mass is 35.5. The van der Waals surface area contributed by atoms with Crippen LogP contribution in [0.2, 0.25) is 5.02 Å². The smallest absolute Gasteiger partial charge is 0.0590 e. The fourth-order valence-corrected chi connectivity index (χ4v) is 2.06. The van der Waals surface area contributed by atoms with Crippen molar-refractivity contribution in [1.29, 1.82) is 0 Å². The molecule has 1 aromatic heterocycles. The molecule has 13 heavy (non-hydrogen) atoms. The van der Waals surface area contributed by atoms with Gasteiger partial charge < -0.3 is 10.1 Å². The Morgan fingerprint density at radius 1 is 1.54 bits per heavy atom. The summed E-state index contributed by atoms with van der Waals surface area (Å²) in [6, 6.07) is 1.93. The molecule has 74 valence electrons. The lowest BCUT2D eigenvalue weighted by atomic mass is 10.4. The van der Waals surface area contributed by atoms with Crippen molar-refractivity contribution in [3.8, 4) is 0 Å². The summed E-state index contributed by atoms with van der Waals surface area (Å²) in [5, 5.41) is 5.89. The van der Waals surface area contributed by atoms with E-state index in [1.807, 2.05) is 18.5 Å². The van der Waals surface area contributed by atoms with Gasteiger partial charge in [-0.15, -0.1) is 11.3 Å². The third-order valence-corrected chi connectivity index (χ3v) is 3.11. The SMILES string of the molecule is CNCCOCCc1sccc1Cl. The van der Waals surface area contributed by atoms with Gasteiger partial charge in [0.25, 0.3) is 0 Å². The second-order valence-corrected chi connectivity index (χ2v) is 4.07. The second kappa shape index (κ2) is 6.38. The Morgan fingerprint density at radius 3 is 3.00 bits per heavy atom. The maximum Gasteiger partial charge on any atom is 0.0590 e. The number of hydrogen-bond acceptors (Lipinski definition) is 3. The van der Waals surface area contributed by atoms with E-state index in [0.717, 1.165) is 31.2 Å². The predicted octanol–water partition coefficient (Wildman–Crippen LogP) is 2.18. The minimum absolute atomic E-state index is 0.752. The molecule has 0 spiro atoms.